The molecule has 1 amide bonds. The summed E-state index contributed by atoms with van der Waals surface area (Å²) in [5, 5.41) is 5.04. The molecule has 3 N–H and O–H groups in total. The summed E-state index contributed by atoms with van der Waals surface area (Å²) >= 11 is 1.32. The number of thiazole rings is 1. The van der Waals surface area contributed by atoms with Gasteiger partial charge in [-0.3, -0.25) is 10.1 Å². The highest BCUT2D eigenvalue weighted by Crippen LogP contribution is 2.25. The number of carbonyl (C=O) groups is 2. The first-order valence-corrected chi connectivity index (χ1v) is 9.33. The van der Waals surface area contributed by atoms with Crippen molar-refractivity contribution in [1.82, 2.24) is 4.98 Å². The average Bonchev–Trinajstić information content (AvgIpc) is 3.15. The first-order valence-electron chi connectivity index (χ1n) is 8.45. The minimum Gasteiger partial charge on any atom is -0.449 e. The third-order valence-electron chi connectivity index (χ3n) is 3.84. The highest BCUT2D eigenvalue weighted by atomic mass is 32.1. The second-order valence-corrected chi connectivity index (χ2v) is 6.68. The Balaban J connectivity index is 1.65. The lowest BCUT2D eigenvalue weighted by atomic mass is 10.2. The van der Waals surface area contributed by atoms with Crippen LogP contribution < -0.4 is 11.1 Å². The molecular weight excluding hydrogens is 362 g/mol. The van der Waals surface area contributed by atoms with Crippen LogP contribution in [-0.2, 0) is 9.53 Å². The Kier molecular flexibility index (Phi) is 5.83. The molecule has 1 unspecified atom stereocenters. The van der Waals surface area contributed by atoms with E-state index in [-0.39, 0.29) is 0 Å². The number of nitrogens with zero attached hydrogens (tertiary/aromatic N) is 1. The number of aromatic nitrogens is 1. The van der Waals surface area contributed by atoms with Crippen molar-refractivity contribution >= 4 is 34.0 Å². The van der Waals surface area contributed by atoms with Crippen molar-refractivity contribution in [3.05, 3.63) is 65.5 Å². The van der Waals surface area contributed by atoms with Gasteiger partial charge in [0.05, 0.1) is 11.3 Å². The summed E-state index contributed by atoms with van der Waals surface area (Å²) in [6.45, 7) is 1.77. The lowest BCUT2D eigenvalue weighted by molar-refractivity contribution is -0.124. The zero-order valence-corrected chi connectivity index (χ0v) is 15.5. The normalized spacial score (nSPS) is 11.6. The van der Waals surface area contributed by atoms with Crippen molar-refractivity contribution in [1.29, 1.82) is 0 Å². The molecule has 6 nitrogen and oxygen atoms in total. The molecule has 0 saturated heterocycles. The fourth-order valence-corrected chi connectivity index (χ4v) is 3.17. The van der Waals surface area contributed by atoms with Crippen molar-refractivity contribution in [3.8, 4) is 11.3 Å². The van der Waals surface area contributed by atoms with Crippen LogP contribution in [0.3, 0.4) is 0 Å². The number of nitrogens with one attached hydrogen (secondary N) is 1. The van der Waals surface area contributed by atoms with Gasteiger partial charge in [0.25, 0.3) is 5.91 Å². The maximum Gasteiger partial charge on any atom is 0.338 e. The molecule has 138 valence electrons. The van der Waals surface area contributed by atoms with E-state index in [4.69, 9.17) is 10.5 Å². The largest absolute Gasteiger partial charge is 0.449 e. The summed E-state index contributed by atoms with van der Waals surface area (Å²) in [5.74, 6) is -1.00. The first-order chi connectivity index (χ1) is 13.1. The lowest BCUT2D eigenvalue weighted by Crippen LogP contribution is -2.32. The van der Waals surface area contributed by atoms with Crippen molar-refractivity contribution in [3.63, 3.8) is 0 Å². The summed E-state index contributed by atoms with van der Waals surface area (Å²) in [4.78, 5) is 29.1. The Morgan fingerprint density at radius 3 is 2.67 bits per heavy atom. The summed E-state index contributed by atoms with van der Waals surface area (Å²) in [7, 11) is 0. The maximum atomic E-state index is 12.5. The van der Waals surface area contributed by atoms with Gasteiger partial charge in [0.2, 0.25) is 0 Å². The number of ether oxygens (including phenoxy) is 1. The molecule has 7 heteroatoms. The van der Waals surface area contributed by atoms with Gasteiger partial charge < -0.3 is 10.5 Å². The number of benzene rings is 2. The lowest BCUT2D eigenvalue weighted by Gasteiger charge is -2.15. The molecule has 3 aromatic rings. The molecule has 3 rings (SSSR count). The van der Waals surface area contributed by atoms with E-state index >= 15 is 0 Å². The van der Waals surface area contributed by atoms with E-state index in [0.29, 0.717) is 22.8 Å². The molecule has 2 aromatic carbocycles. The Morgan fingerprint density at radius 1 is 1.19 bits per heavy atom. The summed E-state index contributed by atoms with van der Waals surface area (Å²) < 4.78 is 5.34. The van der Waals surface area contributed by atoms with Crippen LogP contribution in [0, 0.1) is 0 Å². The molecule has 0 saturated carbocycles. The van der Waals surface area contributed by atoms with Gasteiger partial charge in [-0.15, -0.1) is 11.3 Å². The van der Waals surface area contributed by atoms with Gasteiger partial charge in [-0.05, 0) is 24.6 Å². The van der Waals surface area contributed by atoms with Crippen LogP contribution in [-0.4, -0.2) is 23.0 Å². The van der Waals surface area contributed by atoms with Crippen molar-refractivity contribution in [2.75, 3.05) is 11.1 Å². The van der Waals surface area contributed by atoms with E-state index in [0.717, 1.165) is 11.3 Å². The minimum atomic E-state index is -0.914. The maximum absolute atomic E-state index is 12.5. The zero-order valence-electron chi connectivity index (χ0n) is 14.7. The van der Waals surface area contributed by atoms with Crippen molar-refractivity contribution in [2.45, 2.75) is 19.4 Å². The number of anilines is 2. The highest BCUT2D eigenvalue weighted by Gasteiger charge is 2.23. The van der Waals surface area contributed by atoms with Crippen molar-refractivity contribution < 1.29 is 14.3 Å². The molecule has 0 fully saturated rings. The predicted molar refractivity (Wildman–Crippen MR) is 107 cm³/mol. The molecule has 1 atom stereocenters. The molecule has 1 aromatic heterocycles. The van der Waals surface area contributed by atoms with Gasteiger partial charge in [0, 0.05) is 16.6 Å². The molecule has 0 aliphatic carbocycles. The monoisotopic (exact) mass is 381 g/mol. The summed E-state index contributed by atoms with van der Waals surface area (Å²) in [6.07, 6.45) is -0.570. The van der Waals surface area contributed by atoms with E-state index in [1.165, 1.54) is 17.4 Å². The predicted octanol–water partition coefficient (Wildman–Crippen LogP) is 3.97. The Morgan fingerprint density at radius 2 is 1.96 bits per heavy atom. The number of nitrogens with two attached hydrogens (primary N) is 1. The number of esters is 1. The van der Waals surface area contributed by atoms with Gasteiger partial charge >= 0.3 is 5.97 Å². The Hall–Kier alpha value is -3.19. The number of rotatable bonds is 6. The van der Waals surface area contributed by atoms with Crippen LogP contribution in [0.2, 0.25) is 0 Å². The van der Waals surface area contributed by atoms with Crippen LogP contribution in [0.25, 0.3) is 11.3 Å². The number of hydrogen-bond donors (Lipinski definition) is 2. The third kappa shape index (κ3) is 4.71. The SMILES string of the molecule is CCC(OC(=O)c1cccc(N)c1)C(=O)Nc1nc(-c2ccccc2)cs1. The van der Waals surface area contributed by atoms with E-state index in [9.17, 15) is 9.59 Å². The van der Waals surface area contributed by atoms with Gasteiger partial charge in [0.1, 0.15) is 0 Å². The molecule has 0 radical (unpaired) electrons. The average molecular weight is 381 g/mol. The first kappa shape index (κ1) is 18.6. The Bertz CT molecular complexity index is 940. The van der Waals surface area contributed by atoms with Crippen molar-refractivity contribution in [2.24, 2.45) is 0 Å². The smallest absolute Gasteiger partial charge is 0.338 e. The zero-order chi connectivity index (χ0) is 19.2. The number of nitrogen functional groups attached to an aromatic ring is 1. The summed E-state index contributed by atoms with van der Waals surface area (Å²) in [5.41, 5.74) is 8.19. The molecule has 1 heterocycles. The summed E-state index contributed by atoms with van der Waals surface area (Å²) in [6, 6.07) is 16.1. The van der Waals surface area contributed by atoms with E-state index in [1.807, 2.05) is 35.7 Å². The van der Waals surface area contributed by atoms with Crippen LogP contribution in [0.15, 0.2) is 60.0 Å². The van der Waals surface area contributed by atoms with Gasteiger partial charge in [-0.2, -0.15) is 0 Å². The molecule has 27 heavy (non-hydrogen) atoms. The second kappa shape index (κ2) is 8.46. The van der Waals surface area contributed by atoms with Gasteiger partial charge in [-0.25, -0.2) is 9.78 Å². The molecular formula is C20H19N3O3S. The fraction of sp³-hybridized carbons (Fsp3) is 0.150. The fourth-order valence-electron chi connectivity index (χ4n) is 2.44. The van der Waals surface area contributed by atoms with Gasteiger partial charge in [-0.1, -0.05) is 43.3 Å². The second-order valence-electron chi connectivity index (χ2n) is 5.82. The number of hydrogen-bond acceptors (Lipinski definition) is 6. The molecule has 0 aliphatic rings. The molecule has 0 bridgehead atoms. The van der Waals surface area contributed by atoms with Crippen LogP contribution >= 0.6 is 11.3 Å². The molecule has 0 spiro atoms. The highest BCUT2D eigenvalue weighted by molar-refractivity contribution is 7.14. The topological polar surface area (TPSA) is 94.3 Å². The number of amides is 1. The minimum absolute atomic E-state index is 0.307. The molecule has 0 aliphatic heterocycles. The van der Waals surface area contributed by atoms with E-state index in [1.54, 1.807) is 25.1 Å². The van der Waals surface area contributed by atoms with Crippen LogP contribution in [0.4, 0.5) is 10.8 Å². The quantitative estimate of drug-likeness (QED) is 0.498. The van der Waals surface area contributed by atoms with E-state index < -0.39 is 18.0 Å². The van der Waals surface area contributed by atoms with Crippen LogP contribution in [0.1, 0.15) is 23.7 Å². The Labute approximate surface area is 161 Å². The van der Waals surface area contributed by atoms with E-state index in [2.05, 4.69) is 10.3 Å². The number of carbonyl (C=O) groups excluding carboxylic acids is 2. The van der Waals surface area contributed by atoms with Crippen LogP contribution in [0.5, 0.6) is 0 Å². The standard InChI is InChI=1S/C20H19N3O3S/c1-2-17(26-19(25)14-9-6-10-15(21)11-14)18(24)23-20-22-16(12-27-20)13-7-4-3-5-8-13/h3-12,17H,2,21H2,1H3,(H,22,23,24). The van der Waals surface area contributed by atoms with Gasteiger partial charge in [0.15, 0.2) is 11.2 Å². The third-order valence-corrected chi connectivity index (χ3v) is 4.60.